The fourth-order valence-electron chi connectivity index (χ4n) is 1.55. The largest absolute Gasteiger partial charge is 0.469 e. The van der Waals surface area contributed by atoms with Crippen LogP contribution in [0.25, 0.3) is 0 Å². The highest BCUT2D eigenvalue weighted by molar-refractivity contribution is 5.69. The second-order valence-electron chi connectivity index (χ2n) is 3.81. The zero-order valence-corrected chi connectivity index (χ0v) is 9.49. The van der Waals surface area contributed by atoms with E-state index in [1.807, 2.05) is 12.3 Å². The molecule has 0 saturated carbocycles. The van der Waals surface area contributed by atoms with Gasteiger partial charge in [-0.2, -0.15) is 0 Å². The van der Waals surface area contributed by atoms with Crippen molar-refractivity contribution in [2.24, 2.45) is 0 Å². The molecule has 0 unspecified atom stereocenters. The van der Waals surface area contributed by atoms with Gasteiger partial charge in [0.1, 0.15) is 0 Å². The molecular formula is C12H17NO2. The smallest absolute Gasteiger partial charge is 0.305 e. The molecule has 0 fully saturated rings. The maximum Gasteiger partial charge on any atom is 0.305 e. The van der Waals surface area contributed by atoms with Crippen LogP contribution >= 0.6 is 0 Å². The summed E-state index contributed by atoms with van der Waals surface area (Å²) in [7, 11) is 1.41. The first-order valence-corrected chi connectivity index (χ1v) is 5.14. The summed E-state index contributed by atoms with van der Waals surface area (Å²) in [6.45, 7) is 4.27. The van der Waals surface area contributed by atoms with Crippen molar-refractivity contribution in [1.82, 2.24) is 4.98 Å². The Hall–Kier alpha value is -1.38. The minimum Gasteiger partial charge on any atom is -0.469 e. The van der Waals surface area contributed by atoms with Crippen molar-refractivity contribution in [2.75, 3.05) is 7.11 Å². The van der Waals surface area contributed by atoms with Crippen LogP contribution in [-0.2, 0) is 16.0 Å². The molecule has 1 aromatic heterocycles. The Morgan fingerprint density at radius 1 is 1.53 bits per heavy atom. The van der Waals surface area contributed by atoms with Gasteiger partial charge in [0.05, 0.1) is 7.11 Å². The zero-order chi connectivity index (χ0) is 11.3. The molecule has 0 atom stereocenters. The van der Waals surface area contributed by atoms with Gasteiger partial charge in [0, 0.05) is 18.8 Å². The van der Waals surface area contributed by atoms with Crippen molar-refractivity contribution in [1.29, 1.82) is 0 Å². The number of aromatic nitrogens is 1. The van der Waals surface area contributed by atoms with E-state index in [1.165, 1.54) is 12.7 Å². The Kier molecular flexibility index (Phi) is 4.28. The van der Waals surface area contributed by atoms with Gasteiger partial charge in [-0.1, -0.05) is 13.8 Å². The molecule has 1 rings (SSSR count). The predicted molar refractivity (Wildman–Crippen MR) is 58.7 cm³/mol. The van der Waals surface area contributed by atoms with Crippen molar-refractivity contribution in [2.45, 2.75) is 32.6 Å². The number of pyridine rings is 1. The van der Waals surface area contributed by atoms with Crippen molar-refractivity contribution >= 4 is 5.97 Å². The summed E-state index contributed by atoms with van der Waals surface area (Å²) >= 11 is 0. The van der Waals surface area contributed by atoms with Crippen LogP contribution in [-0.4, -0.2) is 18.1 Å². The number of rotatable bonds is 4. The third-order valence-corrected chi connectivity index (χ3v) is 2.39. The lowest BCUT2D eigenvalue weighted by molar-refractivity contribution is -0.140. The van der Waals surface area contributed by atoms with E-state index in [2.05, 4.69) is 23.6 Å². The third-order valence-electron chi connectivity index (χ3n) is 2.39. The molecule has 1 aromatic rings. The lowest BCUT2D eigenvalue weighted by Crippen LogP contribution is -2.04. The number of carbonyl (C=O) groups excluding carboxylic acids is 1. The van der Waals surface area contributed by atoms with Crippen LogP contribution in [0.15, 0.2) is 18.5 Å². The number of methoxy groups -OCH3 is 1. The molecule has 0 N–H and O–H groups in total. The fraction of sp³-hybridized carbons (Fsp3) is 0.500. The van der Waals surface area contributed by atoms with Crippen LogP contribution in [0.1, 0.15) is 37.3 Å². The van der Waals surface area contributed by atoms with E-state index < -0.39 is 0 Å². The van der Waals surface area contributed by atoms with E-state index in [9.17, 15) is 4.79 Å². The minimum absolute atomic E-state index is 0.173. The molecule has 0 aliphatic carbocycles. The normalized spacial score (nSPS) is 10.4. The number of hydrogen-bond acceptors (Lipinski definition) is 3. The van der Waals surface area contributed by atoms with Gasteiger partial charge in [-0.3, -0.25) is 9.78 Å². The standard InChI is InChI=1S/C12H17NO2/c1-9(2)11-6-7-13-8-10(11)4-5-12(14)15-3/h6-9H,4-5H2,1-3H3. The van der Waals surface area contributed by atoms with Gasteiger partial charge in [0.15, 0.2) is 0 Å². The van der Waals surface area contributed by atoms with Crippen molar-refractivity contribution in [3.8, 4) is 0 Å². The Morgan fingerprint density at radius 2 is 2.27 bits per heavy atom. The lowest BCUT2D eigenvalue weighted by atomic mass is 9.97. The molecule has 0 saturated heterocycles. The SMILES string of the molecule is COC(=O)CCc1cnccc1C(C)C. The maximum atomic E-state index is 11.0. The van der Waals surface area contributed by atoms with Crippen molar-refractivity contribution in [3.63, 3.8) is 0 Å². The van der Waals surface area contributed by atoms with Gasteiger partial charge in [-0.15, -0.1) is 0 Å². The average molecular weight is 207 g/mol. The summed E-state index contributed by atoms with van der Waals surface area (Å²) in [4.78, 5) is 15.1. The summed E-state index contributed by atoms with van der Waals surface area (Å²) in [6, 6.07) is 2.01. The van der Waals surface area contributed by atoms with Gasteiger partial charge in [0.25, 0.3) is 0 Å². The molecule has 0 spiro atoms. The number of nitrogens with zero attached hydrogens (tertiary/aromatic N) is 1. The summed E-state index contributed by atoms with van der Waals surface area (Å²) in [5.74, 6) is 0.286. The molecular weight excluding hydrogens is 190 g/mol. The first kappa shape index (κ1) is 11.7. The van der Waals surface area contributed by atoms with Crippen LogP contribution in [0.3, 0.4) is 0 Å². The highest BCUT2D eigenvalue weighted by Gasteiger charge is 2.08. The van der Waals surface area contributed by atoms with Crippen LogP contribution < -0.4 is 0 Å². The van der Waals surface area contributed by atoms with E-state index in [-0.39, 0.29) is 5.97 Å². The average Bonchev–Trinajstić information content (AvgIpc) is 2.26. The summed E-state index contributed by atoms with van der Waals surface area (Å²) in [6.07, 6.45) is 4.74. The Bertz CT molecular complexity index is 334. The summed E-state index contributed by atoms with van der Waals surface area (Å²) < 4.78 is 4.61. The van der Waals surface area contributed by atoms with Crippen molar-refractivity contribution < 1.29 is 9.53 Å². The third kappa shape index (κ3) is 3.35. The molecule has 3 nitrogen and oxygen atoms in total. The number of ether oxygens (including phenoxy) is 1. The molecule has 3 heteroatoms. The van der Waals surface area contributed by atoms with Gasteiger partial charge >= 0.3 is 5.97 Å². The van der Waals surface area contributed by atoms with Crippen LogP contribution in [0.4, 0.5) is 0 Å². The molecule has 82 valence electrons. The van der Waals surface area contributed by atoms with E-state index in [0.717, 1.165) is 5.56 Å². The molecule has 0 bridgehead atoms. The number of aryl methyl sites for hydroxylation is 1. The zero-order valence-electron chi connectivity index (χ0n) is 9.49. The summed E-state index contributed by atoms with van der Waals surface area (Å²) in [5, 5.41) is 0. The molecule has 0 radical (unpaired) electrons. The highest BCUT2D eigenvalue weighted by atomic mass is 16.5. The van der Waals surface area contributed by atoms with Gasteiger partial charge < -0.3 is 4.74 Å². The molecule has 0 aliphatic heterocycles. The van der Waals surface area contributed by atoms with Crippen LogP contribution in [0, 0.1) is 0 Å². The lowest BCUT2D eigenvalue weighted by Gasteiger charge is -2.11. The molecule has 1 heterocycles. The van der Waals surface area contributed by atoms with Crippen molar-refractivity contribution in [3.05, 3.63) is 29.6 Å². The second kappa shape index (κ2) is 5.49. The fourth-order valence-corrected chi connectivity index (χ4v) is 1.55. The molecule has 0 amide bonds. The molecule has 15 heavy (non-hydrogen) atoms. The topological polar surface area (TPSA) is 39.2 Å². The predicted octanol–water partition coefficient (Wildman–Crippen LogP) is 2.31. The van der Waals surface area contributed by atoms with E-state index in [1.54, 1.807) is 6.20 Å². The Balaban J connectivity index is 2.71. The number of hydrogen-bond donors (Lipinski definition) is 0. The Morgan fingerprint density at radius 3 is 2.87 bits per heavy atom. The van der Waals surface area contributed by atoms with Crippen LogP contribution in [0.5, 0.6) is 0 Å². The highest BCUT2D eigenvalue weighted by Crippen LogP contribution is 2.19. The second-order valence-corrected chi connectivity index (χ2v) is 3.81. The minimum atomic E-state index is -0.173. The monoisotopic (exact) mass is 207 g/mol. The van der Waals surface area contributed by atoms with E-state index in [4.69, 9.17) is 0 Å². The number of carbonyl (C=O) groups is 1. The van der Waals surface area contributed by atoms with Crippen LogP contribution in [0.2, 0.25) is 0 Å². The first-order valence-electron chi connectivity index (χ1n) is 5.14. The van der Waals surface area contributed by atoms with Gasteiger partial charge in [-0.05, 0) is 29.5 Å². The van der Waals surface area contributed by atoms with Gasteiger partial charge in [-0.25, -0.2) is 0 Å². The molecule has 0 aliphatic rings. The van der Waals surface area contributed by atoms with Gasteiger partial charge in [0.2, 0.25) is 0 Å². The van der Waals surface area contributed by atoms with E-state index >= 15 is 0 Å². The maximum absolute atomic E-state index is 11.0. The number of esters is 1. The first-order chi connectivity index (χ1) is 7.15. The summed E-state index contributed by atoms with van der Waals surface area (Å²) in [5.41, 5.74) is 2.40. The van der Waals surface area contributed by atoms with E-state index in [0.29, 0.717) is 18.8 Å². The molecule has 0 aromatic carbocycles. The quantitative estimate of drug-likeness (QED) is 0.711. The Labute approximate surface area is 90.5 Å².